The summed E-state index contributed by atoms with van der Waals surface area (Å²) in [6, 6.07) is 4.48. The first-order chi connectivity index (χ1) is 6.15. The van der Waals surface area contributed by atoms with E-state index in [-0.39, 0.29) is 5.75 Å². The van der Waals surface area contributed by atoms with Crippen molar-refractivity contribution < 1.29 is 10.2 Å². The number of aromatic hydroxyl groups is 1. The van der Waals surface area contributed by atoms with Crippen LogP contribution in [0.1, 0.15) is 18.1 Å². The van der Waals surface area contributed by atoms with Crippen molar-refractivity contribution >= 4 is 11.6 Å². The van der Waals surface area contributed by atoms with Gasteiger partial charge in [-0.1, -0.05) is 17.7 Å². The maximum absolute atomic E-state index is 9.55. The number of phenolic OH excluding ortho intramolecular Hbond substituents is 1. The average Bonchev–Trinajstić information content (AvgIpc) is 2.04. The van der Waals surface area contributed by atoms with E-state index in [4.69, 9.17) is 22.4 Å². The lowest BCUT2D eigenvalue weighted by Gasteiger charge is -2.11. The third-order valence-corrected chi connectivity index (χ3v) is 2.11. The fourth-order valence-electron chi connectivity index (χ4n) is 1.10. The molecule has 4 N–H and O–H groups in total. The monoisotopic (exact) mass is 201 g/mol. The molecule has 0 radical (unpaired) electrons. The highest BCUT2D eigenvalue weighted by Crippen LogP contribution is 2.27. The first-order valence-corrected chi connectivity index (χ1v) is 4.39. The Morgan fingerprint density at radius 1 is 1.46 bits per heavy atom. The van der Waals surface area contributed by atoms with Gasteiger partial charge in [-0.15, -0.1) is 0 Å². The van der Waals surface area contributed by atoms with Gasteiger partial charge in [0.25, 0.3) is 0 Å². The number of aliphatic hydroxyl groups excluding tert-OH is 1. The van der Waals surface area contributed by atoms with Gasteiger partial charge < -0.3 is 15.9 Å². The Morgan fingerprint density at radius 3 is 2.69 bits per heavy atom. The Bertz CT molecular complexity index is 291. The third-order valence-electron chi connectivity index (χ3n) is 1.78. The maximum Gasteiger partial charge on any atom is 0.117 e. The quantitative estimate of drug-likeness (QED) is 0.693. The molecule has 0 saturated heterocycles. The Labute approximate surface area is 81.8 Å². The van der Waals surface area contributed by atoms with Crippen LogP contribution < -0.4 is 5.73 Å². The zero-order valence-electron chi connectivity index (χ0n) is 7.07. The van der Waals surface area contributed by atoms with Gasteiger partial charge in [0.1, 0.15) is 5.75 Å². The van der Waals surface area contributed by atoms with Crippen molar-refractivity contribution in [3.8, 4) is 5.75 Å². The van der Waals surface area contributed by atoms with Crippen LogP contribution in [-0.4, -0.2) is 16.8 Å². The summed E-state index contributed by atoms with van der Waals surface area (Å²) in [6.45, 7) is 0.401. The topological polar surface area (TPSA) is 66.5 Å². The molecule has 1 unspecified atom stereocenters. The second kappa shape index (κ2) is 4.46. The van der Waals surface area contributed by atoms with Gasteiger partial charge in [-0.25, -0.2) is 0 Å². The van der Waals surface area contributed by atoms with E-state index >= 15 is 0 Å². The summed E-state index contributed by atoms with van der Waals surface area (Å²) in [4.78, 5) is 0. The van der Waals surface area contributed by atoms with E-state index in [1.54, 1.807) is 6.07 Å². The molecule has 0 heterocycles. The van der Waals surface area contributed by atoms with Crippen molar-refractivity contribution in [1.29, 1.82) is 0 Å². The molecule has 0 aliphatic carbocycles. The van der Waals surface area contributed by atoms with Crippen molar-refractivity contribution in [1.82, 2.24) is 0 Å². The molecule has 1 rings (SSSR count). The number of halogens is 1. The Kier molecular flexibility index (Phi) is 3.54. The summed E-state index contributed by atoms with van der Waals surface area (Å²) < 4.78 is 0. The predicted octanol–water partition coefficient (Wildman–Crippen LogP) is 1.43. The minimum absolute atomic E-state index is 0.0914. The number of nitrogens with two attached hydrogens (primary N) is 1. The molecule has 0 aliphatic rings. The SMILES string of the molecule is NCCC(O)c1ccc(O)cc1Cl. The van der Waals surface area contributed by atoms with Crippen LogP contribution in [0.25, 0.3) is 0 Å². The predicted molar refractivity (Wildman–Crippen MR) is 51.7 cm³/mol. The van der Waals surface area contributed by atoms with E-state index in [1.807, 2.05) is 0 Å². The Morgan fingerprint density at radius 2 is 2.15 bits per heavy atom. The Balaban J connectivity index is 2.88. The number of hydrogen-bond acceptors (Lipinski definition) is 3. The number of benzene rings is 1. The lowest BCUT2D eigenvalue weighted by molar-refractivity contribution is 0.170. The van der Waals surface area contributed by atoms with Crippen molar-refractivity contribution in [2.75, 3.05) is 6.54 Å². The van der Waals surface area contributed by atoms with Crippen molar-refractivity contribution in [3.05, 3.63) is 28.8 Å². The lowest BCUT2D eigenvalue weighted by atomic mass is 10.1. The van der Waals surface area contributed by atoms with Gasteiger partial charge in [0.15, 0.2) is 0 Å². The van der Waals surface area contributed by atoms with Gasteiger partial charge in [-0.05, 0) is 30.7 Å². The molecule has 0 spiro atoms. The minimum atomic E-state index is -0.655. The van der Waals surface area contributed by atoms with E-state index in [0.717, 1.165) is 0 Å². The van der Waals surface area contributed by atoms with Crippen LogP contribution in [0.2, 0.25) is 5.02 Å². The summed E-state index contributed by atoms with van der Waals surface area (Å²) in [5, 5.41) is 19.0. The van der Waals surface area contributed by atoms with Gasteiger partial charge >= 0.3 is 0 Å². The largest absolute Gasteiger partial charge is 0.508 e. The van der Waals surface area contributed by atoms with Crippen LogP contribution in [0.5, 0.6) is 5.75 Å². The zero-order chi connectivity index (χ0) is 9.84. The van der Waals surface area contributed by atoms with E-state index in [9.17, 15) is 5.11 Å². The standard InChI is InChI=1S/C9H12ClNO2/c10-8-5-6(12)1-2-7(8)9(13)3-4-11/h1-2,5,9,12-13H,3-4,11H2. The van der Waals surface area contributed by atoms with E-state index in [0.29, 0.717) is 23.6 Å². The van der Waals surface area contributed by atoms with Gasteiger partial charge in [0.05, 0.1) is 11.1 Å². The molecule has 0 saturated carbocycles. The molecule has 4 heteroatoms. The lowest BCUT2D eigenvalue weighted by Crippen LogP contribution is -2.06. The smallest absolute Gasteiger partial charge is 0.117 e. The van der Waals surface area contributed by atoms with Crippen molar-refractivity contribution in [2.24, 2.45) is 5.73 Å². The first-order valence-electron chi connectivity index (χ1n) is 4.01. The molecule has 0 aliphatic heterocycles. The second-order valence-electron chi connectivity index (χ2n) is 2.80. The van der Waals surface area contributed by atoms with Gasteiger partial charge in [0.2, 0.25) is 0 Å². The molecule has 0 aromatic heterocycles. The summed E-state index contributed by atoms with van der Waals surface area (Å²) >= 11 is 5.80. The van der Waals surface area contributed by atoms with Crippen LogP contribution in [0.15, 0.2) is 18.2 Å². The summed E-state index contributed by atoms with van der Waals surface area (Å²) in [6.07, 6.45) is -0.192. The fourth-order valence-corrected chi connectivity index (χ4v) is 1.40. The number of aliphatic hydroxyl groups is 1. The Hall–Kier alpha value is -0.770. The van der Waals surface area contributed by atoms with Gasteiger partial charge in [0, 0.05) is 0 Å². The summed E-state index contributed by atoms with van der Waals surface area (Å²) in [5.74, 6) is 0.0914. The molecule has 13 heavy (non-hydrogen) atoms. The molecule has 72 valence electrons. The number of rotatable bonds is 3. The third kappa shape index (κ3) is 2.59. The summed E-state index contributed by atoms with van der Waals surface area (Å²) in [7, 11) is 0. The zero-order valence-corrected chi connectivity index (χ0v) is 7.83. The normalized spacial score (nSPS) is 12.8. The van der Waals surface area contributed by atoms with Crippen LogP contribution in [0, 0.1) is 0 Å². The average molecular weight is 202 g/mol. The van der Waals surface area contributed by atoms with E-state index < -0.39 is 6.10 Å². The first kappa shape index (κ1) is 10.3. The molecule has 1 atom stereocenters. The van der Waals surface area contributed by atoms with Crippen molar-refractivity contribution in [2.45, 2.75) is 12.5 Å². The molecule has 3 nitrogen and oxygen atoms in total. The highest BCUT2D eigenvalue weighted by Gasteiger charge is 2.10. The van der Waals surface area contributed by atoms with E-state index in [2.05, 4.69) is 0 Å². The van der Waals surface area contributed by atoms with Crippen LogP contribution >= 0.6 is 11.6 Å². The number of hydrogen-bond donors (Lipinski definition) is 3. The highest BCUT2D eigenvalue weighted by molar-refractivity contribution is 6.31. The van der Waals surface area contributed by atoms with Crippen molar-refractivity contribution in [3.63, 3.8) is 0 Å². The summed E-state index contributed by atoms with van der Waals surface area (Å²) in [5.41, 5.74) is 5.90. The molecule has 1 aromatic rings. The van der Waals surface area contributed by atoms with Crippen LogP contribution in [0.3, 0.4) is 0 Å². The molecule has 0 fully saturated rings. The van der Waals surface area contributed by atoms with Gasteiger partial charge in [-0.2, -0.15) is 0 Å². The molecule has 1 aromatic carbocycles. The van der Waals surface area contributed by atoms with Crippen LogP contribution in [0.4, 0.5) is 0 Å². The minimum Gasteiger partial charge on any atom is -0.508 e. The molecular weight excluding hydrogens is 190 g/mol. The van der Waals surface area contributed by atoms with E-state index in [1.165, 1.54) is 12.1 Å². The second-order valence-corrected chi connectivity index (χ2v) is 3.21. The number of phenols is 1. The molecule has 0 bridgehead atoms. The van der Waals surface area contributed by atoms with Gasteiger partial charge in [-0.3, -0.25) is 0 Å². The highest BCUT2D eigenvalue weighted by atomic mass is 35.5. The van der Waals surface area contributed by atoms with Crippen LogP contribution in [-0.2, 0) is 0 Å². The fraction of sp³-hybridized carbons (Fsp3) is 0.333. The molecular formula is C9H12ClNO2. The maximum atomic E-state index is 9.55. The molecule has 0 amide bonds.